The van der Waals surface area contributed by atoms with Gasteiger partial charge in [0.05, 0.1) is 18.1 Å². The van der Waals surface area contributed by atoms with Crippen LogP contribution >= 0.6 is 0 Å². The van der Waals surface area contributed by atoms with Crippen molar-refractivity contribution in [2.45, 2.75) is 19.3 Å². The number of nitriles is 1. The van der Waals surface area contributed by atoms with Crippen LogP contribution in [-0.2, 0) is 4.79 Å². The number of nitrogens with zero attached hydrogens (tertiary/aromatic N) is 3. The maximum absolute atomic E-state index is 12.3. The van der Waals surface area contributed by atoms with Gasteiger partial charge >= 0.3 is 5.69 Å². The van der Waals surface area contributed by atoms with Gasteiger partial charge in [-0.1, -0.05) is 0 Å². The van der Waals surface area contributed by atoms with Gasteiger partial charge in [-0.05, 0) is 38.1 Å². The lowest BCUT2D eigenvalue weighted by atomic mass is 9.95. The number of nitrogens with one attached hydrogen (secondary N) is 1. The Balaban J connectivity index is 1.95. The van der Waals surface area contributed by atoms with E-state index in [0.717, 1.165) is 32.5 Å². The van der Waals surface area contributed by atoms with Crippen LogP contribution in [0, 0.1) is 27.4 Å². The predicted molar refractivity (Wildman–Crippen MR) is 87.7 cm³/mol. The van der Waals surface area contributed by atoms with E-state index in [9.17, 15) is 14.9 Å². The summed E-state index contributed by atoms with van der Waals surface area (Å²) in [6, 6.07) is 6.48. The first-order valence-corrected chi connectivity index (χ1v) is 7.77. The first kappa shape index (κ1) is 17.7. The van der Waals surface area contributed by atoms with Gasteiger partial charge in [-0.2, -0.15) is 5.26 Å². The Kier molecular flexibility index (Phi) is 6.09. The van der Waals surface area contributed by atoms with E-state index in [1.165, 1.54) is 19.2 Å². The summed E-state index contributed by atoms with van der Waals surface area (Å²) in [5.74, 6) is -0.0947. The van der Waals surface area contributed by atoms with Crippen LogP contribution in [0.15, 0.2) is 18.2 Å². The summed E-state index contributed by atoms with van der Waals surface area (Å²) in [5.41, 5.74) is 0.209. The highest BCUT2D eigenvalue weighted by Gasteiger charge is 2.25. The molecule has 1 amide bonds. The van der Waals surface area contributed by atoms with Crippen LogP contribution in [0.4, 0.5) is 11.4 Å². The van der Waals surface area contributed by atoms with E-state index < -0.39 is 4.92 Å². The van der Waals surface area contributed by atoms with Crippen LogP contribution in [0.2, 0.25) is 0 Å². The first-order chi connectivity index (χ1) is 11.5. The molecule has 128 valence electrons. The summed E-state index contributed by atoms with van der Waals surface area (Å²) >= 11 is 0. The largest absolute Gasteiger partial charge is 0.490 e. The molecule has 0 spiro atoms. The van der Waals surface area contributed by atoms with E-state index in [1.807, 2.05) is 0 Å². The zero-order chi connectivity index (χ0) is 17.5. The van der Waals surface area contributed by atoms with Gasteiger partial charge in [-0.3, -0.25) is 14.9 Å². The van der Waals surface area contributed by atoms with Crippen LogP contribution in [-0.4, -0.2) is 42.5 Å². The van der Waals surface area contributed by atoms with Crippen molar-refractivity contribution in [3.63, 3.8) is 0 Å². The van der Waals surface area contributed by atoms with E-state index in [0.29, 0.717) is 12.1 Å². The molecule has 1 aliphatic heterocycles. The lowest BCUT2D eigenvalue weighted by Gasteiger charge is -2.30. The highest BCUT2D eigenvalue weighted by atomic mass is 16.6. The number of benzene rings is 1. The molecule has 8 heteroatoms. The number of ether oxygens (including phenoxy) is 1. The second-order valence-corrected chi connectivity index (χ2v) is 5.66. The molecule has 0 radical (unpaired) electrons. The molecular formula is C16H20N4O4. The van der Waals surface area contributed by atoms with Crippen LogP contribution in [0.1, 0.15) is 19.3 Å². The molecule has 1 fully saturated rings. The van der Waals surface area contributed by atoms with Crippen LogP contribution in [0.25, 0.3) is 0 Å². The maximum Gasteiger partial charge on any atom is 0.312 e. The second kappa shape index (κ2) is 8.26. The second-order valence-electron chi connectivity index (χ2n) is 5.66. The molecule has 0 bridgehead atoms. The van der Waals surface area contributed by atoms with E-state index in [-0.39, 0.29) is 23.3 Å². The number of anilines is 1. The Bertz CT molecular complexity index is 648. The number of piperidine rings is 1. The lowest BCUT2D eigenvalue weighted by Crippen LogP contribution is -2.38. The number of hydrogen-bond donors (Lipinski definition) is 1. The number of methoxy groups -OCH3 is 1. The third-order valence-corrected chi connectivity index (χ3v) is 4.14. The highest BCUT2D eigenvalue weighted by Crippen LogP contribution is 2.30. The molecule has 8 nitrogen and oxygen atoms in total. The standard InChI is InChI=1S/C16H20N4O4/c1-24-15-4-3-13(11-14(15)20(22)23)18-16(21)12-5-9-19(10-6-12)8-2-7-17/h3-4,11-12H,2,5-6,8-10H2,1H3,(H,18,21). The quantitative estimate of drug-likeness (QED) is 0.631. The monoisotopic (exact) mass is 332 g/mol. The van der Waals surface area contributed by atoms with Crippen molar-refractivity contribution in [2.75, 3.05) is 32.1 Å². The molecule has 1 saturated heterocycles. The fraction of sp³-hybridized carbons (Fsp3) is 0.500. The fourth-order valence-corrected chi connectivity index (χ4v) is 2.78. The van der Waals surface area contributed by atoms with Gasteiger partial charge in [0.25, 0.3) is 0 Å². The molecule has 1 heterocycles. The number of hydrogen-bond acceptors (Lipinski definition) is 6. The molecule has 1 aromatic carbocycles. The average Bonchev–Trinajstić information content (AvgIpc) is 2.60. The number of nitro groups is 1. The van der Waals surface area contributed by atoms with Crippen molar-refractivity contribution in [1.29, 1.82) is 5.26 Å². The number of nitro benzene ring substituents is 1. The predicted octanol–water partition coefficient (Wildman–Crippen LogP) is 2.17. The van der Waals surface area contributed by atoms with Crippen molar-refractivity contribution in [3.05, 3.63) is 28.3 Å². The molecule has 0 atom stereocenters. The van der Waals surface area contributed by atoms with Crippen LogP contribution in [0.3, 0.4) is 0 Å². The van der Waals surface area contributed by atoms with Crippen molar-refractivity contribution in [3.8, 4) is 11.8 Å². The lowest BCUT2D eigenvalue weighted by molar-refractivity contribution is -0.385. The van der Waals surface area contributed by atoms with Gasteiger partial charge in [0.1, 0.15) is 0 Å². The Morgan fingerprint density at radius 3 is 2.79 bits per heavy atom. The minimum absolute atomic E-state index is 0.121. The topological polar surface area (TPSA) is 108 Å². The molecule has 0 unspecified atom stereocenters. The van der Waals surface area contributed by atoms with E-state index >= 15 is 0 Å². The molecule has 1 aromatic rings. The summed E-state index contributed by atoms with van der Waals surface area (Å²) in [7, 11) is 1.36. The van der Waals surface area contributed by atoms with Gasteiger partial charge in [-0.15, -0.1) is 0 Å². The van der Waals surface area contributed by atoms with Gasteiger partial charge in [0, 0.05) is 30.6 Å². The molecule has 0 aromatic heterocycles. The maximum atomic E-state index is 12.3. The number of likely N-dealkylation sites (tertiary alicyclic amines) is 1. The molecule has 24 heavy (non-hydrogen) atoms. The van der Waals surface area contributed by atoms with Gasteiger partial charge in [0.15, 0.2) is 5.75 Å². The minimum atomic E-state index is -0.540. The van der Waals surface area contributed by atoms with Gasteiger partial charge in [-0.25, -0.2) is 0 Å². The molecular weight excluding hydrogens is 312 g/mol. The molecule has 1 aliphatic rings. The number of carbonyl (C=O) groups excluding carboxylic acids is 1. The van der Waals surface area contributed by atoms with Crippen molar-refractivity contribution >= 4 is 17.3 Å². The minimum Gasteiger partial charge on any atom is -0.490 e. The van der Waals surface area contributed by atoms with Crippen molar-refractivity contribution in [2.24, 2.45) is 5.92 Å². The fourth-order valence-electron chi connectivity index (χ4n) is 2.78. The summed E-state index contributed by atoms with van der Waals surface area (Å²) < 4.78 is 4.94. The van der Waals surface area contributed by atoms with Gasteiger partial charge in [0.2, 0.25) is 5.91 Å². The van der Waals surface area contributed by atoms with Crippen molar-refractivity contribution in [1.82, 2.24) is 4.90 Å². The zero-order valence-electron chi connectivity index (χ0n) is 13.5. The molecule has 0 saturated carbocycles. The van der Waals surface area contributed by atoms with E-state index in [4.69, 9.17) is 10.00 Å². The molecule has 2 rings (SSSR count). The Morgan fingerprint density at radius 2 is 2.21 bits per heavy atom. The van der Waals surface area contributed by atoms with Crippen LogP contribution in [0.5, 0.6) is 5.75 Å². The van der Waals surface area contributed by atoms with Gasteiger partial charge < -0.3 is 15.0 Å². The summed E-state index contributed by atoms with van der Waals surface area (Å²) in [4.78, 5) is 25.0. The number of carbonyl (C=O) groups is 1. The summed E-state index contributed by atoms with van der Waals surface area (Å²) in [6.07, 6.45) is 1.93. The molecule has 1 N–H and O–H groups in total. The van der Waals surface area contributed by atoms with Crippen LogP contribution < -0.4 is 10.1 Å². The SMILES string of the molecule is COc1ccc(NC(=O)C2CCN(CCC#N)CC2)cc1[N+](=O)[O-]. The van der Waals surface area contributed by atoms with E-state index in [2.05, 4.69) is 16.3 Å². The third kappa shape index (κ3) is 4.43. The Labute approximate surface area is 140 Å². The number of amides is 1. The Hall–Kier alpha value is -2.66. The summed E-state index contributed by atoms with van der Waals surface area (Å²) in [5, 5.41) is 22.4. The molecule has 0 aliphatic carbocycles. The third-order valence-electron chi connectivity index (χ3n) is 4.14. The van der Waals surface area contributed by atoms with Crippen molar-refractivity contribution < 1.29 is 14.5 Å². The highest BCUT2D eigenvalue weighted by molar-refractivity contribution is 5.93. The summed E-state index contributed by atoms with van der Waals surface area (Å²) in [6.45, 7) is 2.29. The zero-order valence-corrected chi connectivity index (χ0v) is 13.5. The van der Waals surface area contributed by atoms with E-state index in [1.54, 1.807) is 6.07 Å². The first-order valence-electron chi connectivity index (χ1n) is 7.77. The number of rotatable bonds is 6. The smallest absolute Gasteiger partial charge is 0.312 e. The Morgan fingerprint density at radius 1 is 1.50 bits per heavy atom. The average molecular weight is 332 g/mol. The normalized spacial score (nSPS) is 15.5.